The van der Waals surface area contributed by atoms with Crippen LogP contribution >= 0.6 is 12.2 Å². The Morgan fingerprint density at radius 3 is 2.43 bits per heavy atom. The molecule has 2 amide bonds. The van der Waals surface area contributed by atoms with Gasteiger partial charge >= 0.3 is 0 Å². The molecule has 28 heavy (non-hydrogen) atoms. The Balaban J connectivity index is 1.82. The zero-order valence-electron chi connectivity index (χ0n) is 15.6. The second-order valence-corrected chi connectivity index (χ2v) is 6.07. The minimum Gasteiger partial charge on any atom is -0.490 e. The van der Waals surface area contributed by atoms with Crippen LogP contribution in [-0.4, -0.2) is 36.7 Å². The second-order valence-electron chi connectivity index (χ2n) is 5.66. The maximum absolute atomic E-state index is 12.4. The normalized spacial score (nSPS) is 10.0. The van der Waals surface area contributed by atoms with Gasteiger partial charge in [0.15, 0.2) is 5.11 Å². The molecule has 0 radical (unpaired) electrons. The van der Waals surface area contributed by atoms with Gasteiger partial charge in [-0.3, -0.25) is 25.8 Å². The molecule has 0 heterocycles. The van der Waals surface area contributed by atoms with Gasteiger partial charge in [0.25, 0.3) is 5.91 Å². The zero-order chi connectivity index (χ0) is 20.2. The van der Waals surface area contributed by atoms with Gasteiger partial charge < -0.3 is 9.47 Å². The predicted octanol–water partition coefficient (Wildman–Crippen LogP) is 1.98. The Morgan fingerprint density at radius 2 is 1.68 bits per heavy atom. The lowest BCUT2D eigenvalue weighted by molar-refractivity contribution is -0.121. The number of hydrogen-bond donors (Lipinski definition) is 3. The van der Waals surface area contributed by atoms with Crippen LogP contribution in [0.4, 0.5) is 0 Å². The lowest BCUT2D eigenvalue weighted by atomic mass is 10.1. The average Bonchev–Trinajstić information content (AvgIpc) is 2.71. The molecule has 8 heteroatoms. The van der Waals surface area contributed by atoms with E-state index in [0.717, 1.165) is 5.56 Å². The smallest absolute Gasteiger partial charge is 0.261 e. The van der Waals surface area contributed by atoms with Gasteiger partial charge in [0.05, 0.1) is 18.6 Å². The molecule has 0 bridgehead atoms. The highest BCUT2D eigenvalue weighted by molar-refractivity contribution is 7.80. The fraction of sp³-hybridized carbons (Fsp3) is 0.250. The Labute approximate surface area is 169 Å². The quantitative estimate of drug-likeness (QED) is 0.356. The number of ether oxygens (including phenoxy) is 2. The summed E-state index contributed by atoms with van der Waals surface area (Å²) in [7, 11) is 0. The van der Waals surface area contributed by atoms with Gasteiger partial charge in [-0.15, -0.1) is 0 Å². The van der Waals surface area contributed by atoms with Crippen molar-refractivity contribution >= 4 is 29.1 Å². The zero-order valence-corrected chi connectivity index (χ0v) is 16.4. The van der Waals surface area contributed by atoms with E-state index in [0.29, 0.717) is 31.1 Å². The Hall–Kier alpha value is -2.97. The maximum Gasteiger partial charge on any atom is 0.261 e. The van der Waals surface area contributed by atoms with Crippen molar-refractivity contribution in [3.8, 4) is 5.75 Å². The summed E-state index contributed by atoms with van der Waals surface area (Å²) in [5.41, 5.74) is 6.18. The van der Waals surface area contributed by atoms with Crippen LogP contribution in [0.5, 0.6) is 5.75 Å². The molecule has 2 aromatic rings. The first kappa shape index (κ1) is 21.3. The molecule has 0 saturated heterocycles. The Morgan fingerprint density at radius 1 is 0.964 bits per heavy atom. The fourth-order valence-electron chi connectivity index (χ4n) is 2.29. The minimum absolute atomic E-state index is 0.0180. The molecule has 7 nitrogen and oxygen atoms in total. The molecular weight excluding hydrogens is 378 g/mol. The molecule has 0 atom stereocenters. The highest BCUT2D eigenvalue weighted by atomic mass is 32.1. The third-order valence-corrected chi connectivity index (χ3v) is 3.78. The highest BCUT2D eigenvalue weighted by Gasteiger charge is 2.14. The van der Waals surface area contributed by atoms with Crippen molar-refractivity contribution in [1.29, 1.82) is 0 Å². The molecular formula is C20H23N3O4S. The van der Waals surface area contributed by atoms with Crippen LogP contribution in [0.2, 0.25) is 0 Å². The molecule has 0 aliphatic rings. The first-order chi connectivity index (χ1) is 13.6. The van der Waals surface area contributed by atoms with Gasteiger partial charge in [-0.05, 0) is 36.8 Å². The minimum atomic E-state index is -0.443. The van der Waals surface area contributed by atoms with E-state index in [9.17, 15) is 9.59 Å². The number of rotatable bonds is 8. The Bertz CT molecular complexity index is 799. The monoisotopic (exact) mass is 401 g/mol. The van der Waals surface area contributed by atoms with E-state index in [1.165, 1.54) is 0 Å². The van der Waals surface area contributed by atoms with Crippen molar-refractivity contribution in [3.63, 3.8) is 0 Å². The van der Waals surface area contributed by atoms with Crippen LogP contribution in [0, 0.1) is 0 Å². The average molecular weight is 401 g/mol. The SMILES string of the molecule is CCOCCOc1ccccc1C(=O)NC(=S)NNC(=O)Cc1ccccc1. The number of hydrazine groups is 1. The summed E-state index contributed by atoms with van der Waals surface area (Å²) in [6.07, 6.45) is 0.195. The van der Waals surface area contributed by atoms with Crippen LogP contribution in [0.3, 0.4) is 0 Å². The van der Waals surface area contributed by atoms with Crippen LogP contribution in [0.1, 0.15) is 22.8 Å². The van der Waals surface area contributed by atoms with E-state index in [-0.39, 0.29) is 17.4 Å². The largest absolute Gasteiger partial charge is 0.490 e. The number of para-hydroxylation sites is 1. The first-order valence-corrected chi connectivity index (χ1v) is 9.24. The van der Waals surface area contributed by atoms with Crippen molar-refractivity contribution < 1.29 is 19.1 Å². The summed E-state index contributed by atoms with van der Waals surface area (Å²) in [6, 6.07) is 16.1. The molecule has 2 aromatic carbocycles. The van der Waals surface area contributed by atoms with Gasteiger partial charge in [-0.25, -0.2) is 0 Å². The van der Waals surface area contributed by atoms with Crippen molar-refractivity contribution in [2.45, 2.75) is 13.3 Å². The van der Waals surface area contributed by atoms with Gasteiger partial charge in [0.1, 0.15) is 12.4 Å². The third-order valence-electron chi connectivity index (χ3n) is 3.57. The molecule has 2 rings (SSSR count). The number of hydrogen-bond acceptors (Lipinski definition) is 5. The topological polar surface area (TPSA) is 88.7 Å². The standard InChI is InChI=1S/C20H23N3O4S/c1-2-26-12-13-27-17-11-7-6-10-16(17)19(25)21-20(28)23-22-18(24)14-15-8-4-3-5-9-15/h3-11H,2,12-14H2,1H3,(H,22,24)(H2,21,23,25,28). The number of carbonyl (C=O) groups excluding carboxylic acids is 2. The fourth-order valence-corrected chi connectivity index (χ4v) is 2.43. The maximum atomic E-state index is 12.4. The summed E-state index contributed by atoms with van der Waals surface area (Å²) >= 11 is 5.06. The third kappa shape index (κ3) is 7.34. The number of nitrogens with one attached hydrogen (secondary N) is 3. The van der Waals surface area contributed by atoms with E-state index in [4.69, 9.17) is 21.7 Å². The van der Waals surface area contributed by atoms with Crippen LogP contribution in [-0.2, 0) is 16.0 Å². The van der Waals surface area contributed by atoms with Crippen molar-refractivity contribution in [2.24, 2.45) is 0 Å². The van der Waals surface area contributed by atoms with Crippen LogP contribution < -0.4 is 20.9 Å². The Kier molecular flexibility index (Phi) is 8.90. The lowest BCUT2D eigenvalue weighted by Crippen LogP contribution is -2.48. The van der Waals surface area contributed by atoms with E-state index in [2.05, 4.69) is 16.2 Å². The van der Waals surface area contributed by atoms with E-state index in [1.807, 2.05) is 37.3 Å². The highest BCUT2D eigenvalue weighted by Crippen LogP contribution is 2.17. The summed E-state index contributed by atoms with van der Waals surface area (Å²) in [4.78, 5) is 24.4. The predicted molar refractivity (Wildman–Crippen MR) is 110 cm³/mol. The number of amides is 2. The number of carbonyl (C=O) groups is 2. The summed E-state index contributed by atoms with van der Waals surface area (Å²) in [6.45, 7) is 3.26. The van der Waals surface area contributed by atoms with Gasteiger partial charge in [0.2, 0.25) is 5.91 Å². The molecule has 0 aliphatic carbocycles. The lowest BCUT2D eigenvalue weighted by Gasteiger charge is -2.13. The molecule has 148 valence electrons. The first-order valence-electron chi connectivity index (χ1n) is 8.83. The summed E-state index contributed by atoms with van der Waals surface area (Å²) in [5, 5.41) is 2.49. The number of benzene rings is 2. The van der Waals surface area contributed by atoms with Crippen molar-refractivity contribution in [2.75, 3.05) is 19.8 Å². The molecule has 0 fully saturated rings. The number of thiocarbonyl (C=S) groups is 1. The molecule has 0 unspecified atom stereocenters. The van der Waals surface area contributed by atoms with Crippen molar-refractivity contribution in [3.05, 3.63) is 65.7 Å². The summed E-state index contributed by atoms with van der Waals surface area (Å²) in [5.74, 6) is -0.292. The van der Waals surface area contributed by atoms with E-state index < -0.39 is 5.91 Å². The second kappa shape index (κ2) is 11.7. The molecule has 3 N–H and O–H groups in total. The van der Waals surface area contributed by atoms with Gasteiger partial charge in [-0.1, -0.05) is 42.5 Å². The van der Waals surface area contributed by atoms with Crippen molar-refractivity contribution in [1.82, 2.24) is 16.2 Å². The van der Waals surface area contributed by atoms with Crippen LogP contribution in [0.25, 0.3) is 0 Å². The van der Waals surface area contributed by atoms with E-state index >= 15 is 0 Å². The van der Waals surface area contributed by atoms with E-state index in [1.54, 1.807) is 24.3 Å². The molecule has 0 aliphatic heterocycles. The van der Waals surface area contributed by atoms with Crippen LogP contribution in [0.15, 0.2) is 54.6 Å². The molecule has 0 aromatic heterocycles. The molecule has 0 spiro atoms. The summed E-state index contributed by atoms with van der Waals surface area (Å²) < 4.78 is 10.8. The van der Waals surface area contributed by atoms with Gasteiger partial charge in [-0.2, -0.15) is 0 Å². The van der Waals surface area contributed by atoms with Gasteiger partial charge in [0, 0.05) is 6.61 Å². The molecule has 0 saturated carbocycles.